The smallest absolute Gasteiger partial charge is 0.265 e. The molecule has 1 aromatic carbocycles. The van der Waals surface area contributed by atoms with Crippen molar-refractivity contribution >= 4 is 19.7 Å². The van der Waals surface area contributed by atoms with Crippen LogP contribution in [-0.4, -0.2) is 14.5 Å². The van der Waals surface area contributed by atoms with Gasteiger partial charge in [-0.1, -0.05) is 13.3 Å². The van der Waals surface area contributed by atoms with Crippen LogP contribution in [0.1, 0.15) is 26.7 Å². The zero-order valence-electron chi connectivity index (χ0n) is 9.91. The molecule has 0 fully saturated rings. The number of benzene rings is 1. The first-order valence-electron chi connectivity index (χ1n) is 5.36. The summed E-state index contributed by atoms with van der Waals surface area (Å²) in [5, 5.41) is 0. The first-order valence-corrected chi connectivity index (χ1v) is 7.67. The highest BCUT2D eigenvalue weighted by molar-refractivity contribution is 8.13. The first-order chi connectivity index (χ1) is 8.25. The summed E-state index contributed by atoms with van der Waals surface area (Å²) < 4.78 is 54.3. The minimum atomic E-state index is -4.27. The van der Waals surface area contributed by atoms with Crippen molar-refractivity contribution in [3.63, 3.8) is 0 Å². The fraction of sp³-hybridized carbons (Fsp3) is 0.455. The summed E-state index contributed by atoms with van der Waals surface area (Å²) in [6.07, 6.45) is 0.998. The molecule has 1 aromatic rings. The molecular formula is C11H13ClF2O3S. The summed E-state index contributed by atoms with van der Waals surface area (Å²) in [6.45, 7) is 3.57. The molecule has 0 spiro atoms. The molecule has 0 saturated heterocycles. The van der Waals surface area contributed by atoms with Crippen LogP contribution < -0.4 is 4.74 Å². The van der Waals surface area contributed by atoms with Gasteiger partial charge in [0.25, 0.3) is 9.05 Å². The zero-order valence-corrected chi connectivity index (χ0v) is 11.5. The third kappa shape index (κ3) is 3.81. The van der Waals surface area contributed by atoms with Gasteiger partial charge in [-0.05, 0) is 19.4 Å². The second kappa shape index (κ2) is 5.84. The van der Waals surface area contributed by atoms with E-state index in [4.69, 9.17) is 15.4 Å². The molecule has 0 bridgehead atoms. The van der Waals surface area contributed by atoms with Crippen LogP contribution in [0.5, 0.6) is 5.75 Å². The van der Waals surface area contributed by atoms with Gasteiger partial charge in [0.15, 0.2) is 11.6 Å². The number of rotatable bonds is 5. The summed E-state index contributed by atoms with van der Waals surface area (Å²) in [6, 6.07) is 1.19. The quantitative estimate of drug-likeness (QED) is 0.782. The maximum absolute atomic E-state index is 13.6. The second-order valence-corrected chi connectivity index (χ2v) is 6.40. The molecule has 3 nitrogen and oxygen atoms in total. The molecule has 102 valence electrons. The molecule has 0 aliphatic carbocycles. The molecule has 0 saturated carbocycles. The van der Waals surface area contributed by atoms with Gasteiger partial charge in [0.05, 0.1) is 6.10 Å². The standard InChI is InChI=1S/C11H13ClF2O3S/c1-3-4-7(2)17-11-9(14)5-8(13)6-10(11)18(12,15)16/h5-7H,3-4H2,1-2H3. The van der Waals surface area contributed by atoms with Crippen molar-refractivity contribution in [2.45, 2.75) is 37.7 Å². The molecule has 0 amide bonds. The lowest BCUT2D eigenvalue weighted by atomic mass is 10.2. The lowest BCUT2D eigenvalue weighted by molar-refractivity contribution is 0.194. The van der Waals surface area contributed by atoms with Crippen molar-refractivity contribution in [2.24, 2.45) is 0 Å². The van der Waals surface area contributed by atoms with Gasteiger partial charge in [-0.25, -0.2) is 17.2 Å². The Hall–Kier alpha value is -0.880. The third-order valence-electron chi connectivity index (χ3n) is 2.25. The summed E-state index contributed by atoms with van der Waals surface area (Å²) in [4.78, 5) is -0.690. The molecule has 1 unspecified atom stereocenters. The van der Waals surface area contributed by atoms with E-state index in [1.54, 1.807) is 6.92 Å². The van der Waals surface area contributed by atoms with E-state index in [0.29, 0.717) is 18.6 Å². The molecule has 1 rings (SSSR count). The summed E-state index contributed by atoms with van der Waals surface area (Å²) in [5.41, 5.74) is 0. The van der Waals surface area contributed by atoms with Crippen molar-refractivity contribution in [2.75, 3.05) is 0 Å². The molecule has 0 radical (unpaired) electrons. The van der Waals surface area contributed by atoms with Crippen molar-refractivity contribution in [3.8, 4) is 5.75 Å². The largest absolute Gasteiger partial charge is 0.486 e. The van der Waals surface area contributed by atoms with E-state index in [2.05, 4.69) is 0 Å². The average Bonchev–Trinajstić information content (AvgIpc) is 2.20. The van der Waals surface area contributed by atoms with Crippen molar-refractivity contribution in [1.29, 1.82) is 0 Å². The van der Waals surface area contributed by atoms with Crippen molar-refractivity contribution in [3.05, 3.63) is 23.8 Å². The van der Waals surface area contributed by atoms with Gasteiger partial charge in [-0.15, -0.1) is 0 Å². The van der Waals surface area contributed by atoms with Gasteiger partial charge in [-0.3, -0.25) is 0 Å². The highest BCUT2D eigenvalue weighted by atomic mass is 35.7. The van der Waals surface area contributed by atoms with Crippen molar-refractivity contribution < 1.29 is 21.9 Å². The highest BCUT2D eigenvalue weighted by Crippen LogP contribution is 2.32. The van der Waals surface area contributed by atoms with Gasteiger partial charge in [0, 0.05) is 16.7 Å². The molecular weight excluding hydrogens is 286 g/mol. The number of hydrogen-bond donors (Lipinski definition) is 0. The van der Waals surface area contributed by atoms with Crippen LogP contribution in [0.25, 0.3) is 0 Å². The van der Waals surface area contributed by atoms with Gasteiger partial charge in [0.2, 0.25) is 0 Å². The topological polar surface area (TPSA) is 43.4 Å². The minimum absolute atomic E-state index is 0.396. The molecule has 1 atom stereocenters. The molecule has 0 heterocycles. The van der Waals surface area contributed by atoms with Crippen LogP contribution in [-0.2, 0) is 9.05 Å². The van der Waals surface area contributed by atoms with Gasteiger partial charge >= 0.3 is 0 Å². The molecule has 18 heavy (non-hydrogen) atoms. The van der Waals surface area contributed by atoms with E-state index in [0.717, 1.165) is 6.42 Å². The maximum atomic E-state index is 13.6. The highest BCUT2D eigenvalue weighted by Gasteiger charge is 2.23. The average molecular weight is 299 g/mol. The molecule has 0 aliphatic rings. The van der Waals surface area contributed by atoms with E-state index >= 15 is 0 Å². The zero-order chi connectivity index (χ0) is 13.9. The molecule has 0 N–H and O–H groups in total. The van der Waals surface area contributed by atoms with Crippen LogP contribution >= 0.6 is 10.7 Å². The fourth-order valence-corrected chi connectivity index (χ4v) is 2.46. The van der Waals surface area contributed by atoms with Crippen LogP contribution in [0.4, 0.5) is 8.78 Å². The summed E-state index contributed by atoms with van der Waals surface area (Å²) >= 11 is 0. The molecule has 0 aromatic heterocycles. The van der Waals surface area contributed by atoms with Gasteiger partial charge < -0.3 is 4.74 Å². The third-order valence-corrected chi connectivity index (χ3v) is 3.58. The molecule has 7 heteroatoms. The Morgan fingerprint density at radius 3 is 2.50 bits per heavy atom. The lowest BCUT2D eigenvalue weighted by Crippen LogP contribution is -2.14. The number of hydrogen-bond acceptors (Lipinski definition) is 3. The van der Waals surface area contributed by atoms with E-state index in [1.165, 1.54) is 0 Å². The first kappa shape index (κ1) is 15.2. The van der Waals surface area contributed by atoms with Crippen molar-refractivity contribution in [1.82, 2.24) is 0 Å². The Bertz CT molecular complexity index is 531. The van der Waals surface area contributed by atoms with Crippen LogP contribution in [0, 0.1) is 11.6 Å². The predicted octanol–water partition coefficient (Wildman–Crippen LogP) is 3.46. The predicted molar refractivity (Wildman–Crippen MR) is 64.4 cm³/mol. The second-order valence-electron chi connectivity index (χ2n) is 3.87. The Labute approximate surface area is 109 Å². The molecule has 0 aliphatic heterocycles. The SMILES string of the molecule is CCCC(C)Oc1c(F)cc(F)cc1S(=O)(=O)Cl. The van der Waals surface area contributed by atoms with E-state index < -0.39 is 37.4 Å². The summed E-state index contributed by atoms with van der Waals surface area (Å²) in [5.74, 6) is -2.65. The Balaban J connectivity index is 3.25. The monoisotopic (exact) mass is 298 g/mol. The van der Waals surface area contributed by atoms with Gasteiger partial charge in [-0.2, -0.15) is 0 Å². The van der Waals surface area contributed by atoms with Crippen LogP contribution in [0.2, 0.25) is 0 Å². The van der Waals surface area contributed by atoms with E-state index in [1.807, 2.05) is 6.92 Å². The van der Waals surface area contributed by atoms with Crippen LogP contribution in [0.3, 0.4) is 0 Å². The number of ether oxygens (including phenoxy) is 1. The Kier molecular flexibility index (Phi) is 4.92. The normalized spacial score (nSPS) is 13.4. The maximum Gasteiger partial charge on any atom is 0.265 e. The van der Waals surface area contributed by atoms with E-state index in [9.17, 15) is 17.2 Å². The Morgan fingerprint density at radius 1 is 1.39 bits per heavy atom. The lowest BCUT2D eigenvalue weighted by Gasteiger charge is -2.16. The van der Waals surface area contributed by atoms with Gasteiger partial charge in [0.1, 0.15) is 10.7 Å². The summed E-state index contributed by atoms with van der Waals surface area (Å²) in [7, 11) is 0.855. The minimum Gasteiger partial charge on any atom is -0.486 e. The number of halogens is 3. The Morgan fingerprint density at radius 2 is 2.00 bits per heavy atom. The van der Waals surface area contributed by atoms with E-state index in [-0.39, 0.29) is 0 Å². The fourth-order valence-electron chi connectivity index (χ4n) is 1.50. The van der Waals surface area contributed by atoms with Crippen LogP contribution in [0.15, 0.2) is 17.0 Å².